The van der Waals surface area contributed by atoms with Gasteiger partial charge >= 0.3 is 0 Å². The highest BCUT2D eigenvalue weighted by molar-refractivity contribution is 5.85. The average molecular weight is 334 g/mol. The van der Waals surface area contributed by atoms with Crippen molar-refractivity contribution in [3.05, 3.63) is 17.6 Å². The molecule has 0 unspecified atom stereocenters. The fourth-order valence-corrected chi connectivity index (χ4v) is 2.54. The third-order valence-electron chi connectivity index (χ3n) is 3.95. The predicted molar refractivity (Wildman–Crippen MR) is 91.7 cm³/mol. The van der Waals surface area contributed by atoms with Gasteiger partial charge in [-0.1, -0.05) is 13.8 Å². The molecule has 0 aromatic carbocycles. The molecule has 1 fully saturated rings. The Kier molecular flexibility index (Phi) is 6.08. The van der Waals surface area contributed by atoms with Gasteiger partial charge < -0.3 is 20.9 Å². The van der Waals surface area contributed by atoms with Crippen LogP contribution in [0.5, 0.6) is 0 Å². The number of carbonyl (C=O) groups is 2. The fraction of sp³-hybridized carbons (Fsp3) is 0.625. The molecule has 0 aliphatic carbocycles. The molecule has 0 saturated carbocycles. The molecule has 8 heteroatoms. The molecule has 1 aromatic heterocycles. The largest absolute Gasteiger partial charge is 0.353 e. The SMILES string of the molecule is Cc1cc(N2CCN(C(=O)CNC(=O)CN)CC2)nc(C(C)C)n1. The lowest BCUT2D eigenvalue weighted by molar-refractivity contribution is -0.132. The van der Waals surface area contributed by atoms with Crippen molar-refractivity contribution >= 4 is 17.6 Å². The Hall–Kier alpha value is -2.22. The highest BCUT2D eigenvalue weighted by Crippen LogP contribution is 2.18. The van der Waals surface area contributed by atoms with Crippen LogP contribution in [0.2, 0.25) is 0 Å². The van der Waals surface area contributed by atoms with Crippen molar-refractivity contribution in [2.75, 3.05) is 44.2 Å². The first-order valence-electron chi connectivity index (χ1n) is 8.25. The van der Waals surface area contributed by atoms with E-state index in [1.165, 1.54) is 0 Å². The second-order valence-electron chi connectivity index (χ2n) is 6.23. The Morgan fingerprint density at radius 1 is 1.25 bits per heavy atom. The van der Waals surface area contributed by atoms with Gasteiger partial charge in [-0.15, -0.1) is 0 Å². The first-order chi connectivity index (χ1) is 11.4. The van der Waals surface area contributed by atoms with E-state index in [0.717, 1.165) is 17.3 Å². The van der Waals surface area contributed by atoms with Crippen molar-refractivity contribution in [1.82, 2.24) is 20.2 Å². The molecular weight excluding hydrogens is 308 g/mol. The van der Waals surface area contributed by atoms with Crippen LogP contribution in [0.3, 0.4) is 0 Å². The maximum Gasteiger partial charge on any atom is 0.242 e. The van der Waals surface area contributed by atoms with E-state index in [1.54, 1.807) is 4.90 Å². The van der Waals surface area contributed by atoms with Gasteiger partial charge in [-0.2, -0.15) is 0 Å². The van der Waals surface area contributed by atoms with Gasteiger partial charge in [-0.05, 0) is 6.92 Å². The summed E-state index contributed by atoms with van der Waals surface area (Å²) in [6, 6.07) is 1.98. The van der Waals surface area contributed by atoms with Crippen LogP contribution in [0, 0.1) is 6.92 Å². The first-order valence-corrected chi connectivity index (χ1v) is 8.25. The van der Waals surface area contributed by atoms with Crippen LogP contribution in [0.15, 0.2) is 6.07 Å². The molecule has 0 radical (unpaired) electrons. The molecule has 0 bridgehead atoms. The van der Waals surface area contributed by atoms with Crippen LogP contribution < -0.4 is 16.0 Å². The molecule has 0 atom stereocenters. The molecule has 2 rings (SSSR count). The molecule has 0 spiro atoms. The number of hydrogen-bond donors (Lipinski definition) is 2. The van der Waals surface area contributed by atoms with E-state index >= 15 is 0 Å². The number of nitrogens with one attached hydrogen (secondary N) is 1. The third kappa shape index (κ3) is 4.64. The summed E-state index contributed by atoms with van der Waals surface area (Å²) in [6.45, 7) is 8.66. The van der Waals surface area contributed by atoms with E-state index in [-0.39, 0.29) is 30.8 Å². The van der Waals surface area contributed by atoms with Crippen LogP contribution in [0.1, 0.15) is 31.3 Å². The van der Waals surface area contributed by atoms with Gasteiger partial charge in [-0.3, -0.25) is 9.59 Å². The molecule has 1 aliphatic rings. The second-order valence-corrected chi connectivity index (χ2v) is 6.23. The standard InChI is InChI=1S/C16H26N6O2/c1-11(2)16-19-12(3)8-13(20-16)21-4-6-22(7-5-21)15(24)10-18-14(23)9-17/h8,11H,4-7,9-10,17H2,1-3H3,(H,18,23). The van der Waals surface area contributed by atoms with E-state index in [0.29, 0.717) is 26.2 Å². The molecule has 8 nitrogen and oxygen atoms in total. The number of hydrogen-bond acceptors (Lipinski definition) is 6. The van der Waals surface area contributed by atoms with Crippen LogP contribution in [-0.2, 0) is 9.59 Å². The number of aryl methyl sites for hydroxylation is 1. The number of rotatable bonds is 5. The minimum atomic E-state index is -0.320. The van der Waals surface area contributed by atoms with Gasteiger partial charge in [-0.25, -0.2) is 9.97 Å². The maximum atomic E-state index is 12.1. The van der Waals surface area contributed by atoms with E-state index in [9.17, 15) is 9.59 Å². The van der Waals surface area contributed by atoms with Crippen LogP contribution in [0.4, 0.5) is 5.82 Å². The molecule has 132 valence electrons. The first kappa shape index (κ1) is 18.1. The maximum absolute atomic E-state index is 12.1. The molecule has 1 saturated heterocycles. The Balaban J connectivity index is 1.93. The topological polar surface area (TPSA) is 104 Å². The lowest BCUT2D eigenvalue weighted by Gasteiger charge is -2.35. The smallest absolute Gasteiger partial charge is 0.242 e. The number of amides is 2. The van der Waals surface area contributed by atoms with Gasteiger partial charge in [0.25, 0.3) is 0 Å². The molecule has 2 amide bonds. The van der Waals surface area contributed by atoms with Gasteiger partial charge in [0.1, 0.15) is 11.6 Å². The van der Waals surface area contributed by atoms with E-state index in [1.807, 2.05) is 13.0 Å². The summed E-state index contributed by atoms with van der Waals surface area (Å²) in [7, 11) is 0. The van der Waals surface area contributed by atoms with Crippen molar-refractivity contribution in [2.24, 2.45) is 5.73 Å². The van der Waals surface area contributed by atoms with E-state index in [4.69, 9.17) is 5.73 Å². The van der Waals surface area contributed by atoms with Crippen LogP contribution in [0.25, 0.3) is 0 Å². The normalized spacial score (nSPS) is 14.9. The van der Waals surface area contributed by atoms with Crippen molar-refractivity contribution < 1.29 is 9.59 Å². The molecule has 3 N–H and O–H groups in total. The van der Waals surface area contributed by atoms with Gasteiger partial charge in [0.15, 0.2) is 0 Å². The predicted octanol–water partition coefficient (Wildman–Crippen LogP) is -0.368. The quantitative estimate of drug-likeness (QED) is 0.761. The van der Waals surface area contributed by atoms with E-state index in [2.05, 4.69) is 34.0 Å². The zero-order chi connectivity index (χ0) is 17.7. The highest BCUT2D eigenvalue weighted by Gasteiger charge is 2.22. The Bertz CT molecular complexity index is 596. The number of anilines is 1. The van der Waals surface area contributed by atoms with E-state index < -0.39 is 0 Å². The van der Waals surface area contributed by atoms with Crippen molar-refractivity contribution in [1.29, 1.82) is 0 Å². The molecule has 2 heterocycles. The summed E-state index contributed by atoms with van der Waals surface area (Å²) >= 11 is 0. The number of piperazine rings is 1. The molecular formula is C16H26N6O2. The minimum absolute atomic E-state index is 0.000145. The molecule has 1 aliphatic heterocycles. The Morgan fingerprint density at radius 2 is 1.92 bits per heavy atom. The summed E-state index contributed by atoms with van der Waals surface area (Å²) in [6.07, 6.45) is 0. The van der Waals surface area contributed by atoms with Crippen molar-refractivity contribution in [3.8, 4) is 0 Å². The third-order valence-corrected chi connectivity index (χ3v) is 3.95. The van der Waals surface area contributed by atoms with Gasteiger partial charge in [0.05, 0.1) is 13.1 Å². The molecule has 1 aromatic rings. The lowest BCUT2D eigenvalue weighted by Crippen LogP contribution is -2.51. The Labute approximate surface area is 142 Å². The lowest BCUT2D eigenvalue weighted by atomic mass is 10.2. The summed E-state index contributed by atoms with van der Waals surface area (Å²) in [5.41, 5.74) is 6.16. The molecule has 24 heavy (non-hydrogen) atoms. The monoisotopic (exact) mass is 334 g/mol. The van der Waals surface area contributed by atoms with Gasteiger partial charge in [0, 0.05) is 43.9 Å². The minimum Gasteiger partial charge on any atom is -0.353 e. The van der Waals surface area contributed by atoms with Crippen molar-refractivity contribution in [2.45, 2.75) is 26.7 Å². The Morgan fingerprint density at radius 3 is 2.50 bits per heavy atom. The second kappa shape index (κ2) is 8.05. The fourth-order valence-electron chi connectivity index (χ4n) is 2.54. The number of aromatic nitrogens is 2. The summed E-state index contributed by atoms with van der Waals surface area (Å²) in [5.74, 6) is 1.62. The zero-order valence-electron chi connectivity index (χ0n) is 14.6. The number of nitrogens with zero attached hydrogens (tertiary/aromatic N) is 4. The van der Waals surface area contributed by atoms with Crippen molar-refractivity contribution in [3.63, 3.8) is 0 Å². The number of nitrogens with two attached hydrogens (primary N) is 1. The summed E-state index contributed by atoms with van der Waals surface area (Å²) in [4.78, 5) is 36.2. The number of carbonyl (C=O) groups excluding carboxylic acids is 2. The van der Waals surface area contributed by atoms with Crippen LogP contribution >= 0.6 is 0 Å². The zero-order valence-corrected chi connectivity index (χ0v) is 14.6. The van der Waals surface area contributed by atoms with Crippen LogP contribution in [-0.4, -0.2) is 66.0 Å². The highest BCUT2D eigenvalue weighted by atomic mass is 16.2. The summed E-state index contributed by atoms with van der Waals surface area (Å²) < 4.78 is 0. The summed E-state index contributed by atoms with van der Waals surface area (Å²) in [5, 5.41) is 2.51. The average Bonchev–Trinajstić information content (AvgIpc) is 2.58. The van der Waals surface area contributed by atoms with Gasteiger partial charge in [0.2, 0.25) is 11.8 Å².